The Hall–Kier alpha value is -0.0800. The molecule has 0 aromatic carbocycles. The van der Waals surface area contributed by atoms with Crippen molar-refractivity contribution in [1.82, 2.24) is 0 Å². The fourth-order valence-corrected chi connectivity index (χ4v) is 0.722. The Kier molecular flexibility index (Phi) is 6.39. The molecule has 0 spiro atoms. The molecular weight excluding hydrogens is 152 g/mol. The first-order chi connectivity index (χ1) is 5.56. The quantitative estimate of drug-likeness (QED) is 0.575. The van der Waals surface area contributed by atoms with Crippen LogP contribution < -0.4 is 0 Å². The minimum absolute atomic E-state index is 0.0194. The molecule has 0 amide bonds. The van der Waals surface area contributed by atoms with Gasteiger partial charge in [0.2, 0.25) is 0 Å². The normalized spacial score (nSPS) is 12.0. The van der Waals surface area contributed by atoms with Crippen LogP contribution in [0.1, 0.15) is 40.5 Å². The maximum Gasteiger partial charge on any atom is 0.0833 e. The van der Waals surface area contributed by atoms with Gasteiger partial charge in [-0.05, 0) is 33.6 Å². The lowest BCUT2D eigenvalue weighted by atomic mass is 10.2. The highest BCUT2D eigenvalue weighted by atomic mass is 16.5. The van der Waals surface area contributed by atoms with Crippen LogP contribution >= 0.6 is 0 Å². The van der Waals surface area contributed by atoms with Crippen LogP contribution in [-0.4, -0.2) is 18.8 Å². The van der Waals surface area contributed by atoms with E-state index in [4.69, 9.17) is 9.47 Å². The lowest BCUT2D eigenvalue weighted by molar-refractivity contribution is -0.0109. The van der Waals surface area contributed by atoms with Gasteiger partial charge < -0.3 is 9.47 Å². The molecule has 0 saturated carbocycles. The van der Waals surface area contributed by atoms with Crippen molar-refractivity contribution in [2.24, 2.45) is 0 Å². The zero-order chi connectivity index (χ0) is 9.45. The van der Waals surface area contributed by atoms with E-state index in [1.54, 1.807) is 0 Å². The van der Waals surface area contributed by atoms with Gasteiger partial charge in [0.15, 0.2) is 0 Å². The molecule has 2 nitrogen and oxygen atoms in total. The van der Waals surface area contributed by atoms with Gasteiger partial charge in [-0.3, -0.25) is 0 Å². The van der Waals surface area contributed by atoms with Crippen LogP contribution in [0, 0.1) is 6.61 Å². The van der Waals surface area contributed by atoms with Crippen molar-refractivity contribution >= 4 is 0 Å². The molecule has 0 rings (SSSR count). The van der Waals surface area contributed by atoms with Crippen molar-refractivity contribution in [3.63, 3.8) is 0 Å². The molecule has 1 radical (unpaired) electrons. The predicted octanol–water partition coefficient (Wildman–Crippen LogP) is 2.78. The summed E-state index contributed by atoms with van der Waals surface area (Å²) in [5, 5.41) is 0. The van der Waals surface area contributed by atoms with Gasteiger partial charge in [0, 0.05) is 13.2 Å². The summed E-state index contributed by atoms with van der Waals surface area (Å²) >= 11 is 0. The molecule has 0 unspecified atom stereocenters. The van der Waals surface area contributed by atoms with Gasteiger partial charge in [-0.25, -0.2) is 0 Å². The molecule has 0 aliphatic heterocycles. The number of hydrogen-bond acceptors (Lipinski definition) is 2. The fraction of sp³-hybridized carbons (Fsp3) is 0.900. The average molecular weight is 173 g/mol. The maximum absolute atomic E-state index is 5.52. The van der Waals surface area contributed by atoms with E-state index < -0.39 is 0 Å². The number of hydrogen-bond donors (Lipinski definition) is 0. The van der Waals surface area contributed by atoms with Crippen molar-refractivity contribution in [1.29, 1.82) is 0 Å². The lowest BCUT2D eigenvalue weighted by Gasteiger charge is -2.19. The fourth-order valence-electron chi connectivity index (χ4n) is 0.722. The highest BCUT2D eigenvalue weighted by molar-refractivity contribution is 4.58. The van der Waals surface area contributed by atoms with Crippen LogP contribution in [0.2, 0.25) is 0 Å². The van der Waals surface area contributed by atoms with Crippen molar-refractivity contribution in [3.8, 4) is 0 Å². The van der Waals surface area contributed by atoms with Crippen molar-refractivity contribution in [2.75, 3.05) is 13.2 Å². The summed E-state index contributed by atoms with van der Waals surface area (Å²) in [5.41, 5.74) is -0.0194. The van der Waals surface area contributed by atoms with Gasteiger partial charge in [-0.2, -0.15) is 0 Å². The third kappa shape index (κ3) is 9.92. The molecule has 12 heavy (non-hydrogen) atoms. The van der Waals surface area contributed by atoms with Gasteiger partial charge >= 0.3 is 0 Å². The summed E-state index contributed by atoms with van der Waals surface area (Å²) in [4.78, 5) is 0. The monoisotopic (exact) mass is 173 g/mol. The van der Waals surface area contributed by atoms with E-state index in [1.807, 2.05) is 6.61 Å². The number of rotatable bonds is 6. The molecule has 0 aliphatic rings. The molecule has 0 aromatic rings. The Morgan fingerprint density at radius 2 is 1.83 bits per heavy atom. The zero-order valence-electron chi connectivity index (χ0n) is 8.72. The Morgan fingerprint density at radius 1 is 1.17 bits per heavy atom. The van der Waals surface area contributed by atoms with Gasteiger partial charge in [0.25, 0.3) is 0 Å². The standard InChI is InChI=1S/C10H21O2/c1-5-7-11-8-6-9-12-10(2,3)4/h7H,5-6,8-9H2,1-4H3. The Bertz CT molecular complexity index is 94.5. The molecule has 73 valence electrons. The minimum atomic E-state index is -0.0194. The topological polar surface area (TPSA) is 18.5 Å². The van der Waals surface area contributed by atoms with Crippen LogP contribution in [0.15, 0.2) is 0 Å². The molecule has 0 aliphatic carbocycles. The molecule has 0 saturated heterocycles. The predicted molar refractivity (Wildman–Crippen MR) is 50.9 cm³/mol. The molecule has 0 atom stereocenters. The maximum atomic E-state index is 5.52. The van der Waals surface area contributed by atoms with Crippen LogP contribution in [0.3, 0.4) is 0 Å². The summed E-state index contributed by atoms with van der Waals surface area (Å²) in [5.74, 6) is 0. The van der Waals surface area contributed by atoms with Gasteiger partial charge in [-0.1, -0.05) is 6.92 Å². The Labute approximate surface area is 76.3 Å². The smallest absolute Gasteiger partial charge is 0.0833 e. The van der Waals surface area contributed by atoms with Crippen LogP contribution in [0.5, 0.6) is 0 Å². The van der Waals surface area contributed by atoms with Crippen molar-refractivity contribution < 1.29 is 9.47 Å². The molecule has 0 fully saturated rings. The summed E-state index contributed by atoms with van der Waals surface area (Å²) in [6.07, 6.45) is 1.94. The molecule has 0 aromatic heterocycles. The summed E-state index contributed by atoms with van der Waals surface area (Å²) in [6.45, 7) is 11.6. The summed E-state index contributed by atoms with van der Waals surface area (Å²) < 4.78 is 10.7. The minimum Gasteiger partial charge on any atom is -0.376 e. The average Bonchev–Trinajstić information content (AvgIpc) is 1.94. The SMILES string of the molecule is CC[CH]OCCCOC(C)(C)C. The van der Waals surface area contributed by atoms with Crippen LogP contribution in [-0.2, 0) is 9.47 Å². The van der Waals surface area contributed by atoms with Gasteiger partial charge in [0.1, 0.15) is 0 Å². The van der Waals surface area contributed by atoms with E-state index in [0.29, 0.717) is 0 Å². The second-order valence-electron chi connectivity index (χ2n) is 3.76. The third-order valence-corrected chi connectivity index (χ3v) is 1.23. The van der Waals surface area contributed by atoms with Crippen molar-refractivity contribution in [2.45, 2.75) is 46.1 Å². The first-order valence-corrected chi connectivity index (χ1v) is 4.63. The second kappa shape index (κ2) is 6.44. The highest BCUT2D eigenvalue weighted by Crippen LogP contribution is 2.06. The van der Waals surface area contributed by atoms with Crippen molar-refractivity contribution in [3.05, 3.63) is 6.61 Å². The molecule has 0 N–H and O–H groups in total. The Morgan fingerprint density at radius 3 is 2.33 bits per heavy atom. The van der Waals surface area contributed by atoms with E-state index in [-0.39, 0.29) is 5.60 Å². The van der Waals surface area contributed by atoms with E-state index in [1.165, 1.54) is 0 Å². The zero-order valence-corrected chi connectivity index (χ0v) is 8.72. The van der Waals surface area contributed by atoms with Gasteiger partial charge in [0.05, 0.1) is 12.2 Å². The summed E-state index contributed by atoms with van der Waals surface area (Å²) in [7, 11) is 0. The Balaban J connectivity index is 3.01. The highest BCUT2D eigenvalue weighted by Gasteiger charge is 2.08. The first-order valence-electron chi connectivity index (χ1n) is 4.63. The van der Waals surface area contributed by atoms with E-state index in [0.717, 1.165) is 26.1 Å². The second-order valence-corrected chi connectivity index (χ2v) is 3.76. The molecule has 2 heteroatoms. The third-order valence-electron chi connectivity index (χ3n) is 1.23. The van der Waals surface area contributed by atoms with Crippen LogP contribution in [0.25, 0.3) is 0 Å². The van der Waals surface area contributed by atoms with E-state index in [2.05, 4.69) is 27.7 Å². The molecule has 0 bridgehead atoms. The molecular formula is C10H21O2. The largest absolute Gasteiger partial charge is 0.376 e. The van der Waals surface area contributed by atoms with Gasteiger partial charge in [-0.15, -0.1) is 0 Å². The molecule has 0 heterocycles. The van der Waals surface area contributed by atoms with E-state index >= 15 is 0 Å². The lowest BCUT2D eigenvalue weighted by Crippen LogP contribution is -2.20. The van der Waals surface area contributed by atoms with E-state index in [9.17, 15) is 0 Å². The first kappa shape index (κ1) is 11.9. The van der Waals surface area contributed by atoms with Crippen LogP contribution in [0.4, 0.5) is 0 Å². The number of ether oxygens (including phenoxy) is 2. The summed E-state index contributed by atoms with van der Waals surface area (Å²) in [6, 6.07) is 0.